The predicted octanol–water partition coefficient (Wildman–Crippen LogP) is 3.99. The molecule has 1 aliphatic carbocycles. The van der Waals surface area contributed by atoms with Crippen LogP contribution >= 0.6 is 0 Å². The monoisotopic (exact) mass is 289 g/mol. The van der Waals surface area contributed by atoms with Crippen LogP contribution in [0.15, 0.2) is 18.2 Å². The lowest BCUT2D eigenvalue weighted by atomic mass is 9.86. The minimum Gasteiger partial charge on any atom is -0.478 e. The van der Waals surface area contributed by atoms with E-state index in [0.29, 0.717) is 23.6 Å². The lowest BCUT2D eigenvalue weighted by molar-refractivity contribution is -0.116. The van der Waals surface area contributed by atoms with Gasteiger partial charge in [0, 0.05) is 12.1 Å². The number of hydrogen-bond acceptors (Lipinski definition) is 2. The van der Waals surface area contributed by atoms with Crippen LogP contribution in [0, 0.1) is 12.8 Å². The molecule has 0 saturated heterocycles. The van der Waals surface area contributed by atoms with Crippen LogP contribution < -0.4 is 5.32 Å². The van der Waals surface area contributed by atoms with Gasteiger partial charge in [-0.3, -0.25) is 4.79 Å². The van der Waals surface area contributed by atoms with Crippen molar-refractivity contribution in [2.75, 3.05) is 5.32 Å². The van der Waals surface area contributed by atoms with Gasteiger partial charge < -0.3 is 10.4 Å². The molecule has 1 aliphatic rings. The molecule has 1 saturated carbocycles. The van der Waals surface area contributed by atoms with E-state index in [1.165, 1.54) is 32.1 Å². The Morgan fingerprint density at radius 2 is 1.95 bits per heavy atom. The minimum absolute atomic E-state index is 0.0220. The van der Waals surface area contributed by atoms with Gasteiger partial charge in [-0.25, -0.2) is 4.79 Å². The molecule has 0 spiro atoms. The molecule has 1 aromatic rings. The maximum atomic E-state index is 12.0. The number of anilines is 1. The molecular weight excluding hydrogens is 266 g/mol. The van der Waals surface area contributed by atoms with Crippen LogP contribution in [-0.4, -0.2) is 17.0 Å². The van der Waals surface area contributed by atoms with Crippen molar-refractivity contribution in [2.24, 2.45) is 5.92 Å². The molecule has 2 N–H and O–H groups in total. The molecular formula is C17H23NO3. The number of amides is 1. The Bertz CT molecular complexity index is 519. The van der Waals surface area contributed by atoms with E-state index in [0.717, 1.165) is 6.42 Å². The van der Waals surface area contributed by atoms with Crippen molar-refractivity contribution in [1.82, 2.24) is 0 Å². The summed E-state index contributed by atoms with van der Waals surface area (Å²) >= 11 is 0. The smallest absolute Gasteiger partial charge is 0.336 e. The number of carbonyl (C=O) groups excluding carboxylic acids is 1. The first-order valence-electron chi connectivity index (χ1n) is 7.70. The Labute approximate surface area is 125 Å². The highest BCUT2D eigenvalue weighted by Gasteiger charge is 2.16. The summed E-state index contributed by atoms with van der Waals surface area (Å²) in [5.74, 6) is -0.312. The zero-order valence-corrected chi connectivity index (χ0v) is 12.5. The van der Waals surface area contributed by atoms with Crippen LogP contribution in [-0.2, 0) is 4.79 Å². The Morgan fingerprint density at radius 3 is 2.62 bits per heavy atom. The van der Waals surface area contributed by atoms with Gasteiger partial charge in [0.05, 0.1) is 5.56 Å². The molecule has 0 heterocycles. The lowest BCUT2D eigenvalue weighted by Gasteiger charge is -2.21. The van der Waals surface area contributed by atoms with Crippen molar-refractivity contribution in [1.29, 1.82) is 0 Å². The van der Waals surface area contributed by atoms with Crippen LogP contribution in [0.25, 0.3) is 0 Å². The van der Waals surface area contributed by atoms with Gasteiger partial charge in [0.2, 0.25) is 5.91 Å². The maximum absolute atomic E-state index is 12.0. The second-order valence-electron chi connectivity index (χ2n) is 5.87. The highest BCUT2D eigenvalue weighted by molar-refractivity contribution is 5.96. The molecule has 0 aromatic heterocycles. The van der Waals surface area contributed by atoms with Gasteiger partial charge in [0.1, 0.15) is 0 Å². The van der Waals surface area contributed by atoms with Crippen LogP contribution in [0.4, 0.5) is 5.69 Å². The zero-order chi connectivity index (χ0) is 15.2. The molecule has 1 aromatic carbocycles. The summed E-state index contributed by atoms with van der Waals surface area (Å²) in [5.41, 5.74) is 1.44. The van der Waals surface area contributed by atoms with Gasteiger partial charge in [-0.1, -0.05) is 38.2 Å². The molecule has 1 amide bonds. The molecule has 0 radical (unpaired) electrons. The summed E-state index contributed by atoms with van der Waals surface area (Å²) in [6.45, 7) is 1.72. The van der Waals surface area contributed by atoms with Crippen LogP contribution in [0.2, 0.25) is 0 Å². The average molecular weight is 289 g/mol. The second kappa shape index (κ2) is 7.25. The first kappa shape index (κ1) is 15.5. The van der Waals surface area contributed by atoms with Crippen molar-refractivity contribution < 1.29 is 14.7 Å². The van der Waals surface area contributed by atoms with Crippen molar-refractivity contribution in [3.05, 3.63) is 29.3 Å². The van der Waals surface area contributed by atoms with Crippen LogP contribution in [0.1, 0.15) is 60.9 Å². The first-order valence-corrected chi connectivity index (χ1v) is 7.70. The summed E-state index contributed by atoms with van der Waals surface area (Å²) in [6.07, 6.45) is 7.81. The number of hydrogen-bond donors (Lipinski definition) is 2. The molecule has 4 heteroatoms. The van der Waals surface area contributed by atoms with E-state index in [9.17, 15) is 9.59 Å². The number of carboxylic acids is 1. The number of nitrogens with one attached hydrogen (secondary N) is 1. The summed E-state index contributed by atoms with van der Waals surface area (Å²) in [5, 5.41) is 11.9. The largest absolute Gasteiger partial charge is 0.478 e. The highest BCUT2D eigenvalue weighted by Crippen LogP contribution is 2.27. The average Bonchev–Trinajstić information content (AvgIpc) is 2.48. The van der Waals surface area contributed by atoms with Gasteiger partial charge in [-0.2, -0.15) is 0 Å². The van der Waals surface area contributed by atoms with Gasteiger partial charge in [-0.15, -0.1) is 0 Å². The highest BCUT2D eigenvalue weighted by atomic mass is 16.4. The molecule has 0 aliphatic heterocycles. The molecule has 1 fully saturated rings. The van der Waals surface area contributed by atoms with Crippen molar-refractivity contribution in [3.8, 4) is 0 Å². The number of benzene rings is 1. The van der Waals surface area contributed by atoms with E-state index in [4.69, 9.17) is 5.11 Å². The first-order chi connectivity index (χ1) is 10.1. The van der Waals surface area contributed by atoms with E-state index in [-0.39, 0.29) is 11.5 Å². The lowest BCUT2D eigenvalue weighted by Crippen LogP contribution is -2.16. The molecule has 114 valence electrons. The van der Waals surface area contributed by atoms with Crippen molar-refractivity contribution in [2.45, 2.75) is 51.9 Å². The van der Waals surface area contributed by atoms with Crippen LogP contribution in [0.3, 0.4) is 0 Å². The topological polar surface area (TPSA) is 66.4 Å². The third kappa shape index (κ3) is 4.31. The molecule has 4 nitrogen and oxygen atoms in total. The predicted molar refractivity (Wildman–Crippen MR) is 82.6 cm³/mol. The van der Waals surface area contributed by atoms with E-state index in [2.05, 4.69) is 5.32 Å². The van der Waals surface area contributed by atoms with Crippen molar-refractivity contribution >= 4 is 17.6 Å². The van der Waals surface area contributed by atoms with E-state index >= 15 is 0 Å². The number of aromatic carboxylic acids is 1. The zero-order valence-electron chi connectivity index (χ0n) is 12.5. The van der Waals surface area contributed by atoms with E-state index < -0.39 is 5.97 Å². The number of carbonyl (C=O) groups is 2. The molecule has 0 atom stereocenters. The number of carboxylic acid groups (broad SMARTS) is 1. The molecule has 21 heavy (non-hydrogen) atoms. The Balaban J connectivity index is 1.90. The molecule has 2 rings (SSSR count). The summed E-state index contributed by atoms with van der Waals surface area (Å²) in [4.78, 5) is 23.1. The Morgan fingerprint density at radius 1 is 1.24 bits per heavy atom. The fourth-order valence-corrected chi connectivity index (χ4v) is 3.03. The van der Waals surface area contributed by atoms with Crippen LogP contribution in [0.5, 0.6) is 0 Å². The van der Waals surface area contributed by atoms with Gasteiger partial charge in [0.25, 0.3) is 0 Å². The normalized spacial score (nSPS) is 15.7. The summed E-state index contributed by atoms with van der Waals surface area (Å²) in [7, 11) is 0. The second-order valence-corrected chi connectivity index (χ2v) is 5.87. The maximum Gasteiger partial charge on any atom is 0.336 e. The van der Waals surface area contributed by atoms with E-state index in [1.54, 1.807) is 25.1 Å². The minimum atomic E-state index is -0.967. The van der Waals surface area contributed by atoms with E-state index in [1.807, 2.05) is 0 Å². The SMILES string of the molecule is Cc1c(NC(=O)CCC2CCCCC2)cccc1C(=O)O. The summed E-state index contributed by atoms with van der Waals surface area (Å²) in [6, 6.07) is 4.96. The van der Waals surface area contributed by atoms with Crippen molar-refractivity contribution in [3.63, 3.8) is 0 Å². The number of rotatable bonds is 5. The van der Waals surface area contributed by atoms with Gasteiger partial charge in [-0.05, 0) is 37.0 Å². The van der Waals surface area contributed by atoms with Gasteiger partial charge in [0.15, 0.2) is 0 Å². The molecule has 0 unspecified atom stereocenters. The standard InChI is InChI=1S/C17H23NO3/c1-12-14(17(20)21)8-5-9-15(12)18-16(19)11-10-13-6-3-2-4-7-13/h5,8-9,13H,2-4,6-7,10-11H2,1H3,(H,18,19)(H,20,21). The Hall–Kier alpha value is -1.84. The van der Waals surface area contributed by atoms with Gasteiger partial charge >= 0.3 is 5.97 Å². The quantitative estimate of drug-likeness (QED) is 0.861. The fraction of sp³-hybridized carbons (Fsp3) is 0.529. The fourth-order valence-electron chi connectivity index (χ4n) is 3.03. The summed E-state index contributed by atoms with van der Waals surface area (Å²) < 4.78 is 0. The third-order valence-electron chi connectivity index (χ3n) is 4.34. The Kier molecular flexibility index (Phi) is 5.37. The third-order valence-corrected chi connectivity index (χ3v) is 4.34. The molecule has 0 bridgehead atoms.